The molecule has 4 heteroatoms. The number of aliphatic hydroxyl groups excluding tert-OH is 1. The van der Waals surface area contributed by atoms with Crippen molar-refractivity contribution in [3.63, 3.8) is 0 Å². The molecule has 0 spiro atoms. The van der Waals surface area contributed by atoms with Gasteiger partial charge in [0.2, 0.25) is 11.8 Å². The van der Waals surface area contributed by atoms with Crippen LogP contribution in [0.15, 0.2) is 0 Å². The fraction of sp³-hybridized carbons (Fsp3) is 0.833. The number of hydrogen-bond donors (Lipinski definition) is 1. The second-order valence-corrected chi connectivity index (χ2v) is 5.08. The van der Waals surface area contributed by atoms with Crippen LogP contribution in [0.3, 0.4) is 0 Å². The summed E-state index contributed by atoms with van der Waals surface area (Å²) in [7, 11) is 0. The number of likely N-dealkylation sites (tertiary alicyclic amines) is 1. The number of imide groups is 1. The van der Waals surface area contributed by atoms with E-state index in [0.29, 0.717) is 12.3 Å². The number of amides is 2. The molecule has 2 aliphatic rings. The molecule has 1 saturated carbocycles. The van der Waals surface area contributed by atoms with Gasteiger partial charge in [-0.05, 0) is 25.2 Å². The quantitative estimate of drug-likeness (QED) is 0.722. The van der Waals surface area contributed by atoms with Crippen LogP contribution < -0.4 is 0 Å². The van der Waals surface area contributed by atoms with E-state index in [2.05, 4.69) is 6.92 Å². The molecule has 90 valence electrons. The molecule has 2 amide bonds. The third-order valence-electron chi connectivity index (χ3n) is 3.95. The number of fused-ring (bicyclic) bond motifs is 1. The average Bonchev–Trinajstić information content (AvgIpc) is 2.74. The molecular formula is C12H19NO3. The Morgan fingerprint density at radius 3 is 2.19 bits per heavy atom. The van der Waals surface area contributed by atoms with E-state index in [-0.39, 0.29) is 36.3 Å². The molecule has 1 aliphatic heterocycles. The molecule has 2 unspecified atom stereocenters. The number of hydrogen-bond acceptors (Lipinski definition) is 3. The Bertz CT molecular complexity index is 287. The highest BCUT2D eigenvalue weighted by Crippen LogP contribution is 2.43. The zero-order valence-corrected chi connectivity index (χ0v) is 9.85. The Balaban J connectivity index is 2.20. The first-order chi connectivity index (χ1) is 7.60. The SMILES string of the molecule is CC[C@H](CO)N1C(=O)C2CC(C)CC2C1=O. The van der Waals surface area contributed by atoms with Crippen molar-refractivity contribution in [3.8, 4) is 0 Å². The first kappa shape index (κ1) is 11.6. The number of rotatable bonds is 3. The molecule has 0 aromatic carbocycles. The van der Waals surface area contributed by atoms with Gasteiger partial charge in [-0.15, -0.1) is 0 Å². The van der Waals surface area contributed by atoms with Crippen LogP contribution in [0.2, 0.25) is 0 Å². The Hall–Kier alpha value is -0.900. The van der Waals surface area contributed by atoms with Crippen molar-refractivity contribution in [1.29, 1.82) is 0 Å². The minimum atomic E-state index is -0.319. The summed E-state index contributed by atoms with van der Waals surface area (Å²) < 4.78 is 0. The lowest BCUT2D eigenvalue weighted by Crippen LogP contribution is -2.43. The fourth-order valence-electron chi connectivity index (χ4n) is 3.06. The molecule has 16 heavy (non-hydrogen) atoms. The predicted molar refractivity (Wildman–Crippen MR) is 58.4 cm³/mol. The van der Waals surface area contributed by atoms with Gasteiger partial charge in [-0.1, -0.05) is 13.8 Å². The van der Waals surface area contributed by atoms with Crippen LogP contribution in [-0.2, 0) is 9.59 Å². The van der Waals surface area contributed by atoms with Crippen LogP contribution in [0.25, 0.3) is 0 Å². The smallest absolute Gasteiger partial charge is 0.233 e. The number of carbonyl (C=O) groups excluding carboxylic acids is 2. The summed E-state index contributed by atoms with van der Waals surface area (Å²) in [5, 5.41) is 9.19. The molecule has 0 bridgehead atoms. The van der Waals surface area contributed by atoms with Crippen molar-refractivity contribution >= 4 is 11.8 Å². The van der Waals surface area contributed by atoms with Crippen molar-refractivity contribution in [1.82, 2.24) is 4.90 Å². The molecule has 2 rings (SSSR count). The molecule has 4 nitrogen and oxygen atoms in total. The van der Waals surface area contributed by atoms with Crippen LogP contribution in [0.1, 0.15) is 33.1 Å². The standard InChI is InChI=1S/C12H19NO3/c1-3-8(6-14)13-11(15)9-4-7(2)5-10(9)12(13)16/h7-10,14H,3-6H2,1-2H3/t7?,8-,9?,10?/m1/s1. The van der Waals surface area contributed by atoms with E-state index in [0.717, 1.165) is 12.8 Å². The molecule has 2 fully saturated rings. The van der Waals surface area contributed by atoms with Crippen molar-refractivity contribution in [2.45, 2.75) is 39.2 Å². The summed E-state index contributed by atoms with van der Waals surface area (Å²) in [5.41, 5.74) is 0. The van der Waals surface area contributed by atoms with Gasteiger partial charge in [0.15, 0.2) is 0 Å². The van der Waals surface area contributed by atoms with Crippen LogP contribution in [0, 0.1) is 17.8 Å². The summed E-state index contributed by atoms with van der Waals surface area (Å²) in [6, 6.07) is -0.319. The van der Waals surface area contributed by atoms with E-state index in [1.165, 1.54) is 4.90 Å². The third-order valence-corrected chi connectivity index (χ3v) is 3.95. The number of aliphatic hydroxyl groups is 1. The van der Waals surface area contributed by atoms with E-state index in [1.807, 2.05) is 6.92 Å². The Morgan fingerprint density at radius 1 is 1.31 bits per heavy atom. The zero-order chi connectivity index (χ0) is 11.9. The largest absolute Gasteiger partial charge is 0.394 e. The van der Waals surface area contributed by atoms with Crippen molar-refractivity contribution in [2.75, 3.05) is 6.61 Å². The zero-order valence-electron chi connectivity index (χ0n) is 9.85. The van der Waals surface area contributed by atoms with E-state index >= 15 is 0 Å². The van der Waals surface area contributed by atoms with E-state index < -0.39 is 0 Å². The first-order valence-electron chi connectivity index (χ1n) is 6.07. The molecule has 1 heterocycles. The topological polar surface area (TPSA) is 57.6 Å². The highest BCUT2D eigenvalue weighted by Gasteiger charge is 2.53. The normalized spacial score (nSPS) is 35.7. The van der Waals surface area contributed by atoms with Crippen LogP contribution in [-0.4, -0.2) is 34.5 Å². The van der Waals surface area contributed by atoms with Gasteiger partial charge < -0.3 is 5.11 Å². The summed E-state index contributed by atoms with van der Waals surface area (Å²) in [5.74, 6) is 0.144. The van der Waals surface area contributed by atoms with Gasteiger partial charge in [-0.25, -0.2) is 0 Å². The van der Waals surface area contributed by atoms with Crippen molar-refractivity contribution in [3.05, 3.63) is 0 Å². The molecule has 1 N–H and O–H groups in total. The molecule has 1 aliphatic carbocycles. The van der Waals surface area contributed by atoms with E-state index in [1.54, 1.807) is 0 Å². The third kappa shape index (κ3) is 1.56. The number of nitrogens with zero attached hydrogens (tertiary/aromatic N) is 1. The maximum Gasteiger partial charge on any atom is 0.233 e. The maximum absolute atomic E-state index is 12.1. The van der Waals surface area contributed by atoms with Gasteiger partial charge in [0.05, 0.1) is 24.5 Å². The monoisotopic (exact) mass is 225 g/mol. The van der Waals surface area contributed by atoms with Gasteiger partial charge in [-0.2, -0.15) is 0 Å². The molecule has 0 radical (unpaired) electrons. The minimum Gasteiger partial charge on any atom is -0.394 e. The first-order valence-corrected chi connectivity index (χ1v) is 6.07. The second-order valence-electron chi connectivity index (χ2n) is 5.08. The summed E-state index contributed by atoms with van der Waals surface area (Å²) in [4.78, 5) is 25.5. The van der Waals surface area contributed by atoms with Gasteiger partial charge in [-0.3, -0.25) is 14.5 Å². The average molecular weight is 225 g/mol. The Labute approximate surface area is 95.6 Å². The highest BCUT2D eigenvalue weighted by molar-refractivity contribution is 6.05. The maximum atomic E-state index is 12.1. The van der Waals surface area contributed by atoms with Gasteiger partial charge in [0.25, 0.3) is 0 Å². The lowest BCUT2D eigenvalue weighted by molar-refractivity contribution is -0.144. The van der Waals surface area contributed by atoms with E-state index in [4.69, 9.17) is 0 Å². The van der Waals surface area contributed by atoms with Gasteiger partial charge in [0.1, 0.15) is 0 Å². The minimum absolute atomic E-state index is 0.0553. The molecule has 3 atom stereocenters. The van der Waals surface area contributed by atoms with E-state index in [9.17, 15) is 14.7 Å². The summed E-state index contributed by atoms with van der Waals surface area (Å²) >= 11 is 0. The fourth-order valence-corrected chi connectivity index (χ4v) is 3.06. The summed E-state index contributed by atoms with van der Waals surface area (Å²) in [6.45, 7) is 3.85. The lowest BCUT2D eigenvalue weighted by atomic mass is 10.00. The predicted octanol–water partition coefficient (Wildman–Crippen LogP) is 0.788. The van der Waals surface area contributed by atoms with Crippen LogP contribution in [0.4, 0.5) is 0 Å². The Kier molecular flexibility index (Phi) is 3.02. The van der Waals surface area contributed by atoms with Gasteiger partial charge >= 0.3 is 0 Å². The molecular weight excluding hydrogens is 206 g/mol. The molecule has 1 saturated heterocycles. The summed E-state index contributed by atoms with van der Waals surface area (Å²) in [6.07, 6.45) is 2.28. The van der Waals surface area contributed by atoms with Crippen LogP contribution >= 0.6 is 0 Å². The van der Waals surface area contributed by atoms with Crippen LogP contribution in [0.5, 0.6) is 0 Å². The van der Waals surface area contributed by atoms with Crippen molar-refractivity contribution < 1.29 is 14.7 Å². The van der Waals surface area contributed by atoms with Crippen molar-refractivity contribution in [2.24, 2.45) is 17.8 Å². The molecule has 0 aromatic heterocycles. The lowest BCUT2D eigenvalue weighted by Gasteiger charge is -2.24. The molecule has 0 aromatic rings. The Morgan fingerprint density at radius 2 is 1.81 bits per heavy atom. The number of carbonyl (C=O) groups is 2. The van der Waals surface area contributed by atoms with Gasteiger partial charge in [0, 0.05) is 0 Å². The highest BCUT2D eigenvalue weighted by atomic mass is 16.3. The second kappa shape index (κ2) is 4.17.